The van der Waals surface area contributed by atoms with Crippen LogP contribution in [0.5, 0.6) is 0 Å². The van der Waals surface area contributed by atoms with Gasteiger partial charge in [0.2, 0.25) is 0 Å². The second kappa shape index (κ2) is 5.40. The third kappa shape index (κ3) is 3.18. The number of hydroxylamine groups is 2. The molecule has 1 unspecified atom stereocenters. The topological polar surface area (TPSA) is 60.4 Å². The lowest BCUT2D eigenvalue weighted by Gasteiger charge is -2.35. The second-order valence-electron chi connectivity index (χ2n) is 8.50. The van der Waals surface area contributed by atoms with Crippen molar-refractivity contribution in [3.05, 3.63) is 0 Å². The number of nitrogens with zero attached hydrogens (tertiary/aromatic N) is 1. The van der Waals surface area contributed by atoms with E-state index in [0.717, 1.165) is 0 Å². The van der Waals surface area contributed by atoms with Gasteiger partial charge in [-0.25, -0.2) is 0 Å². The molecule has 22 heavy (non-hydrogen) atoms. The van der Waals surface area contributed by atoms with Crippen molar-refractivity contribution in [3.63, 3.8) is 0 Å². The van der Waals surface area contributed by atoms with E-state index in [1.54, 1.807) is 0 Å². The Balaban J connectivity index is 1.83. The molecule has 0 bridgehead atoms. The average Bonchev–Trinajstić information content (AvgIpc) is 2.90. The predicted molar refractivity (Wildman–Crippen MR) is 80.1 cm³/mol. The van der Waals surface area contributed by atoms with Gasteiger partial charge in [-0.2, -0.15) is 5.06 Å². The van der Waals surface area contributed by atoms with Crippen molar-refractivity contribution in [3.8, 4) is 0 Å². The van der Waals surface area contributed by atoms with Crippen molar-refractivity contribution in [1.29, 1.82) is 0 Å². The minimum Gasteiger partial charge on any atom is -0.368 e. The van der Waals surface area contributed by atoms with Gasteiger partial charge in [0.05, 0.1) is 36.3 Å². The number of ether oxygens (including phenoxy) is 3. The molecule has 6 heteroatoms. The maximum absolute atomic E-state index is 10.2. The highest BCUT2D eigenvalue weighted by atomic mass is 16.7. The second-order valence-corrected chi connectivity index (χ2v) is 8.50. The van der Waals surface area contributed by atoms with Gasteiger partial charge in [0.1, 0.15) is 18.3 Å². The fourth-order valence-corrected chi connectivity index (χ4v) is 3.69. The van der Waals surface area contributed by atoms with Gasteiger partial charge < -0.3 is 19.3 Å². The molecule has 6 atom stereocenters. The Kier molecular flexibility index (Phi) is 4.07. The first-order valence-corrected chi connectivity index (χ1v) is 8.14. The fraction of sp³-hybridized carbons (Fsp3) is 1.00. The average molecular weight is 315 g/mol. The highest BCUT2D eigenvalue weighted by molar-refractivity contribution is 5.05. The smallest absolute Gasteiger partial charge is 0.161 e. The maximum atomic E-state index is 10.2. The standard InChI is InChI=1S/C16H29NO5/c1-15(2,3)20-9-7-17-12(13(9)21-16(4,5)6)11-10(22-17)8-19-14(11)18/h9-14,18H,7-8H2,1-6H3/t9-,10+,11-,12-,13+,14?/m0/s1. The van der Waals surface area contributed by atoms with Gasteiger partial charge in [-0.15, -0.1) is 0 Å². The zero-order valence-corrected chi connectivity index (χ0v) is 14.4. The molecular formula is C16H29NO5. The van der Waals surface area contributed by atoms with Crippen LogP contribution in [0.2, 0.25) is 0 Å². The molecule has 0 spiro atoms. The Bertz CT molecular complexity index is 416. The number of hydrogen-bond donors (Lipinski definition) is 1. The van der Waals surface area contributed by atoms with Crippen LogP contribution in [-0.2, 0) is 19.0 Å². The summed E-state index contributed by atoms with van der Waals surface area (Å²) in [4.78, 5) is 5.96. The van der Waals surface area contributed by atoms with Gasteiger partial charge in [-0.3, -0.25) is 4.84 Å². The molecule has 0 aromatic carbocycles. The Morgan fingerprint density at radius 1 is 1.05 bits per heavy atom. The highest BCUT2D eigenvalue weighted by Crippen LogP contribution is 2.44. The predicted octanol–water partition coefficient (Wildman–Crippen LogP) is 1.32. The molecule has 3 heterocycles. The lowest BCUT2D eigenvalue weighted by atomic mass is 9.92. The van der Waals surface area contributed by atoms with Crippen LogP contribution in [0.3, 0.4) is 0 Å². The van der Waals surface area contributed by atoms with Crippen molar-refractivity contribution in [2.75, 3.05) is 13.2 Å². The first-order chi connectivity index (χ1) is 10.1. The van der Waals surface area contributed by atoms with E-state index in [1.807, 2.05) is 46.6 Å². The van der Waals surface area contributed by atoms with Crippen LogP contribution in [0.1, 0.15) is 41.5 Å². The Labute approximate surface area is 132 Å². The Hall–Kier alpha value is -0.240. The minimum atomic E-state index is -0.792. The summed E-state index contributed by atoms with van der Waals surface area (Å²) in [6.07, 6.45) is -1.11. The molecule has 3 aliphatic rings. The number of aliphatic hydroxyl groups is 1. The summed E-state index contributed by atoms with van der Waals surface area (Å²) < 4.78 is 17.9. The van der Waals surface area contributed by atoms with Gasteiger partial charge in [0, 0.05) is 0 Å². The summed E-state index contributed by atoms with van der Waals surface area (Å²) in [6, 6.07) is -0.0333. The zero-order chi connectivity index (χ0) is 16.3. The molecule has 128 valence electrons. The van der Waals surface area contributed by atoms with E-state index in [4.69, 9.17) is 19.0 Å². The zero-order valence-electron chi connectivity index (χ0n) is 14.4. The molecule has 3 saturated heterocycles. The van der Waals surface area contributed by atoms with E-state index >= 15 is 0 Å². The molecule has 3 rings (SSSR count). The molecule has 1 N–H and O–H groups in total. The van der Waals surface area contributed by atoms with Crippen LogP contribution >= 0.6 is 0 Å². The largest absolute Gasteiger partial charge is 0.368 e. The summed E-state index contributed by atoms with van der Waals surface area (Å²) in [7, 11) is 0. The van der Waals surface area contributed by atoms with Gasteiger partial charge >= 0.3 is 0 Å². The number of rotatable bonds is 2. The summed E-state index contributed by atoms with van der Waals surface area (Å²) in [6.45, 7) is 13.3. The van der Waals surface area contributed by atoms with E-state index < -0.39 is 6.29 Å². The first-order valence-electron chi connectivity index (χ1n) is 8.14. The molecule has 3 aliphatic heterocycles. The minimum absolute atomic E-state index is 0.0333. The highest BCUT2D eigenvalue weighted by Gasteiger charge is 2.61. The molecule has 0 aromatic heterocycles. The summed E-state index contributed by atoms with van der Waals surface area (Å²) >= 11 is 0. The van der Waals surface area contributed by atoms with Gasteiger partial charge in [-0.05, 0) is 41.5 Å². The number of aliphatic hydroxyl groups excluding tert-OH is 1. The van der Waals surface area contributed by atoms with Crippen molar-refractivity contribution in [2.24, 2.45) is 5.92 Å². The van der Waals surface area contributed by atoms with Crippen LogP contribution in [0.15, 0.2) is 0 Å². The van der Waals surface area contributed by atoms with Crippen molar-refractivity contribution < 1.29 is 24.2 Å². The van der Waals surface area contributed by atoms with E-state index in [1.165, 1.54) is 0 Å². The summed E-state index contributed by atoms with van der Waals surface area (Å²) in [5, 5.41) is 12.1. The number of fused-ring (bicyclic) bond motifs is 3. The van der Waals surface area contributed by atoms with E-state index in [0.29, 0.717) is 13.2 Å². The molecule has 3 fully saturated rings. The third-order valence-electron chi connectivity index (χ3n) is 4.24. The number of hydrogen-bond acceptors (Lipinski definition) is 6. The van der Waals surface area contributed by atoms with E-state index in [-0.39, 0.29) is 41.5 Å². The molecule has 0 amide bonds. The van der Waals surface area contributed by atoms with Gasteiger partial charge in [-0.1, -0.05) is 0 Å². The summed E-state index contributed by atoms with van der Waals surface area (Å²) in [5.41, 5.74) is -0.545. The maximum Gasteiger partial charge on any atom is 0.161 e. The molecule has 0 radical (unpaired) electrons. The van der Waals surface area contributed by atoms with Crippen LogP contribution in [0.4, 0.5) is 0 Å². The van der Waals surface area contributed by atoms with Crippen LogP contribution in [0.25, 0.3) is 0 Å². The quantitative estimate of drug-likeness (QED) is 0.829. The Morgan fingerprint density at radius 3 is 2.27 bits per heavy atom. The van der Waals surface area contributed by atoms with Gasteiger partial charge in [0.15, 0.2) is 6.29 Å². The SMILES string of the molecule is CC(C)(C)O[C@H]1[C@@H]2[C@H]3C(O)OC[C@H]3ON2C[C@@H]1OC(C)(C)C. The molecular weight excluding hydrogens is 286 g/mol. The van der Waals surface area contributed by atoms with Gasteiger partial charge in [0.25, 0.3) is 0 Å². The van der Waals surface area contributed by atoms with Crippen LogP contribution in [-0.4, -0.2) is 65.2 Å². The lowest BCUT2D eigenvalue weighted by Crippen LogP contribution is -2.47. The monoisotopic (exact) mass is 315 g/mol. The first kappa shape index (κ1) is 16.6. The molecule has 0 aromatic rings. The van der Waals surface area contributed by atoms with Crippen molar-refractivity contribution >= 4 is 0 Å². The Morgan fingerprint density at radius 2 is 1.68 bits per heavy atom. The molecule has 0 saturated carbocycles. The van der Waals surface area contributed by atoms with Crippen molar-refractivity contribution in [1.82, 2.24) is 5.06 Å². The third-order valence-corrected chi connectivity index (χ3v) is 4.24. The lowest BCUT2D eigenvalue weighted by molar-refractivity contribution is -0.181. The van der Waals surface area contributed by atoms with Crippen molar-refractivity contribution in [2.45, 2.75) is 83.4 Å². The van der Waals surface area contributed by atoms with E-state index in [9.17, 15) is 5.11 Å². The van der Waals surface area contributed by atoms with E-state index in [2.05, 4.69) is 0 Å². The normalized spacial score (nSPS) is 42.7. The van der Waals surface area contributed by atoms with Crippen LogP contribution < -0.4 is 0 Å². The fourth-order valence-electron chi connectivity index (χ4n) is 3.69. The molecule has 0 aliphatic carbocycles. The summed E-state index contributed by atoms with van der Waals surface area (Å²) in [5.74, 6) is -0.0825. The van der Waals surface area contributed by atoms with Crippen LogP contribution in [0, 0.1) is 5.92 Å². The molecule has 6 nitrogen and oxygen atoms in total.